The summed E-state index contributed by atoms with van der Waals surface area (Å²) in [6, 6.07) is 8.38. The molecule has 0 unspecified atom stereocenters. The summed E-state index contributed by atoms with van der Waals surface area (Å²) < 4.78 is 0. The Labute approximate surface area is 118 Å². The number of aromatic nitrogens is 2. The molecule has 0 amide bonds. The van der Waals surface area contributed by atoms with Gasteiger partial charge in [-0.25, -0.2) is 9.97 Å². The van der Waals surface area contributed by atoms with Crippen LogP contribution < -0.4 is 5.73 Å². The number of rotatable bonds is 3. The van der Waals surface area contributed by atoms with E-state index in [9.17, 15) is 0 Å². The first-order chi connectivity index (χ1) is 8.97. The lowest BCUT2D eigenvalue weighted by Gasteiger charge is -2.10. The van der Waals surface area contributed by atoms with E-state index in [0.717, 1.165) is 22.8 Å². The highest BCUT2D eigenvalue weighted by atomic mass is 32.2. The minimum Gasteiger partial charge on any atom is -0.395 e. The molecule has 2 rings (SSSR count). The molecule has 0 saturated carbocycles. The average Bonchev–Trinajstić information content (AvgIpc) is 2.34. The maximum absolute atomic E-state index is 6.07. The van der Waals surface area contributed by atoms with Crippen molar-refractivity contribution < 1.29 is 0 Å². The first-order valence-corrected chi connectivity index (χ1v) is 7.23. The van der Waals surface area contributed by atoms with E-state index < -0.39 is 0 Å². The van der Waals surface area contributed by atoms with E-state index in [4.69, 9.17) is 5.73 Å². The quantitative estimate of drug-likeness (QED) is 0.863. The van der Waals surface area contributed by atoms with Gasteiger partial charge in [-0.2, -0.15) is 0 Å². The van der Waals surface area contributed by atoms with Gasteiger partial charge in [0.15, 0.2) is 0 Å². The zero-order valence-electron chi connectivity index (χ0n) is 11.8. The molecule has 1 aromatic carbocycles. The molecular weight excluding hydrogens is 254 g/mol. The summed E-state index contributed by atoms with van der Waals surface area (Å²) in [6.07, 6.45) is 0. The zero-order chi connectivity index (χ0) is 14.0. The predicted octanol–water partition coefficient (Wildman–Crippen LogP) is 3.84. The van der Waals surface area contributed by atoms with Gasteiger partial charge in [0.2, 0.25) is 0 Å². The van der Waals surface area contributed by atoms with Crippen LogP contribution in [0, 0.1) is 13.8 Å². The number of hydrogen-bond donors (Lipinski definition) is 1. The van der Waals surface area contributed by atoms with E-state index >= 15 is 0 Å². The third kappa shape index (κ3) is 3.26. The van der Waals surface area contributed by atoms with Crippen molar-refractivity contribution in [3.63, 3.8) is 0 Å². The van der Waals surface area contributed by atoms with Gasteiger partial charge < -0.3 is 5.73 Å². The van der Waals surface area contributed by atoms with Gasteiger partial charge in [0.1, 0.15) is 5.82 Å². The van der Waals surface area contributed by atoms with Crippen molar-refractivity contribution >= 4 is 17.4 Å². The van der Waals surface area contributed by atoms with Crippen LogP contribution in [-0.2, 0) is 0 Å². The number of thioether (sulfide) groups is 1. The zero-order valence-corrected chi connectivity index (χ0v) is 12.6. The number of nitrogen functional groups attached to an aromatic ring is 1. The van der Waals surface area contributed by atoms with E-state index in [-0.39, 0.29) is 0 Å². The lowest BCUT2D eigenvalue weighted by Crippen LogP contribution is -2.02. The van der Waals surface area contributed by atoms with Crippen molar-refractivity contribution in [3.05, 3.63) is 35.8 Å². The molecule has 3 nitrogen and oxygen atoms in total. The van der Waals surface area contributed by atoms with Crippen LogP contribution in [0.15, 0.2) is 29.2 Å². The molecule has 1 heterocycles. The van der Waals surface area contributed by atoms with Crippen molar-refractivity contribution in [2.75, 3.05) is 5.73 Å². The average molecular weight is 273 g/mol. The van der Waals surface area contributed by atoms with Gasteiger partial charge in [0.05, 0.1) is 17.1 Å². The fraction of sp³-hybridized carbons (Fsp3) is 0.333. The van der Waals surface area contributed by atoms with Crippen molar-refractivity contribution in [1.82, 2.24) is 9.97 Å². The maximum Gasteiger partial charge on any atom is 0.126 e. The first-order valence-electron chi connectivity index (χ1n) is 6.35. The van der Waals surface area contributed by atoms with Gasteiger partial charge in [0, 0.05) is 15.7 Å². The van der Waals surface area contributed by atoms with Crippen LogP contribution in [-0.4, -0.2) is 15.2 Å². The molecule has 100 valence electrons. The SMILES string of the molecule is Cc1nc(C)c(N)c(-c2ccc(SC(C)C)cc2)n1. The molecule has 0 radical (unpaired) electrons. The van der Waals surface area contributed by atoms with Gasteiger partial charge in [-0.1, -0.05) is 26.0 Å². The second-order valence-corrected chi connectivity index (χ2v) is 6.46. The molecule has 0 saturated heterocycles. The number of hydrogen-bond acceptors (Lipinski definition) is 4. The smallest absolute Gasteiger partial charge is 0.126 e. The summed E-state index contributed by atoms with van der Waals surface area (Å²) in [5.74, 6) is 0.752. The van der Waals surface area contributed by atoms with Crippen molar-refractivity contribution in [1.29, 1.82) is 0 Å². The van der Waals surface area contributed by atoms with Crippen LogP contribution in [0.2, 0.25) is 0 Å². The normalized spacial score (nSPS) is 11.0. The van der Waals surface area contributed by atoms with E-state index in [1.807, 2.05) is 25.6 Å². The topological polar surface area (TPSA) is 51.8 Å². The Bertz CT molecular complexity index is 577. The molecule has 2 N–H and O–H groups in total. The summed E-state index contributed by atoms with van der Waals surface area (Å²) in [4.78, 5) is 9.99. The standard InChI is InChI=1S/C15H19N3S/c1-9(2)19-13-7-5-12(6-8-13)15-14(16)10(3)17-11(4)18-15/h5-9H,16H2,1-4H3. The van der Waals surface area contributed by atoms with Gasteiger partial charge in [-0.3, -0.25) is 0 Å². The van der Waals surface area contributed by atoms with Crippen molar-refractivity contribution in [3.8, 4) is 11.3 Å². The van der Waals surface area contributed by atoms with Gasteiger partial charge >= 0.3 is 0 Å². The fourth-order valence-electron chi connectivity index (χ4n) is 1.90. The summed E-state index contributed by atoms with van der Waals surface area (Å²) in [7, 11) is 0. The van der Waals surface area contributed by atoms with Gasteiger partial charge in [-0.15, -0.1) is 11.8 Å². The van der Waals surface area contributed by atoms with E-state index in [1.54, 1.807) is 0 Å². The molecule has 0 atom stereocenters. The van der Waals surface area contributed by atoms with Crippen LogP contribution >= 0.6 is 11.8 Å². The van der Waals surface area contributed by atoms with Crippen molar-refractivity contribution in [2.45, 2.75) is 37.8 Å². The Morgan fingerprint density at radius 3 is 2.26 bits per heavy atom. The van der Waals surface area contributed by atoms with Crippen LogP contribution in [0.4, 0.5) is 5.69 Å². The monoisotopic (exact) mass is 273 g/mol. The lowest BCUT2D eigenvalue weighted by molar-refractivity contribution is 1.02. The Morgan fingerprint density at radius 2 is 1.68 bits per heavy atom. The molecule has 0 fully saturated rings. The van der Waals surface area contributed by atoms with Crippen LogP contribution in [0.25, 0.3) is 11.3 Å². The minimum atomic E-state index is 0.583. The molecule has 0 aliphatic carbocycles. The van der Waals surface area contributed by atoms with Crippen LogP contribution in [0.5, 0.6) is 0 Å². The largest absolute Gasteiger partial charge is 0.395 e. The fourth-order valence-corrected chi connectivity index (χ4v) is 2.74. The third-order valence-electron chi connectivity index (χ3n) is 2.75. The van der Waals surface area contributed by atoms with Gasteiger partial charge in [0.25, 0.3) is 0 Å². The maximum atomic E-state index is 6.07. The number of nitrogens with zero attached hydrogens (tertiary/aromatic N) is 2. The van der Waals surface area contributed by atoms with Gasteiger partial charge in [-0.05, 0) is 26.0 Å². The van der Waals surface area contributed by atoms with Crippen LogP contribution in [0.3, 0.4) is 0 Å². The number of benzene rings is 1. The Hall–Kier alpha value is -1.55. The number of anilines is 1. The Balaban J connectivity index is 2.37. The van der Waals surface area contributed by atoms with E-state index in [2.05, 4.69) is 48.1 Å². The lowest BCUT2D eigenvalue weighted by atomic mass is 10.1. The summed E-state index contributed by atoms with van der Waals surface area (Å²) in [6.45, 7) is 8.18. The Morgan fingerprint density at radius 1 is 1.05 bits per heavy atom. The second kappa shape index (κ2) is 5.61. The summed E-state index contributed by atoms with van der Waals surface area (Å²) >= 11 is 1.85. The molecule has 19 heavy (non-hydrogen) atoms. The molecule has 0 bridgehead atoms. The molecule has 0 aliphatic rings. The predicted molar refractivity (Wildman–Crippen MR) is 82.3 cm³/mol. The molecule has 2 aromatic rings. The molecule has 0 spiro atoms. The number of nitrogens with two attached hydrogens (primary N) is 1. The molecule has 1 aromatic heterocycles. The number of aryl methyl sites for hydroxylation is 2. The van der Waals surface area contributed by atoms with E-state index in [0.29, 0.717) is 10.9 Å². The molecular formula is C15H19N3S. The minimum absolute atomic E-state index is 0.583. The third-order valence-corrected chi connectivity index (χ3v) is 3.76. The highest BCUT2D eigenvalue weighted by Gasteiger charge is 2.09. The summed E-state index contributed by atoms with van der Waals surface area (Å²) in [5, 5.41) is 0.583. The molecule has 0 aliphatic heterocycles. The highest BCUT2D eigenvalue weighted by molar-refractivity contribution is 7.99. The second-order valence-electron chi connectivity index (χ2n) is 4.81. The Kier molecular flexibility index (Phi) is 4.10. The summed E-state index contributed by atoms with van der Waals surface area (Å²) in [5.41, 5.74) is 9.44. The van der Waals surface area contributed by atoms with E-state index in [1.165, 1.54) is 4.90 Å². The van der Waals surface area contributed by atoms with Crippen molar-refractivity contribution in [2.24, 2.45) is 0 Å². The highest BCUT2D eigenvalue weighted by Crippen LogP contribution is 2.29. The first kappa shape index (κ1) is 13.9. The molecule has 4 heteroatoms. The van der Waals surface area contributed by atoms with Crippen LogP contribution in [0.1, 0.15) is 25.4 Å².